The summed E-state index contributed by atoms with van der Waals surface area (Å²) in [5.41, 5.74) is 0.629. The van der Waals surface area contributed by atoms with Gasteiger partial charge in [-0.2, -0.15) is 0 Å². The van der Waals surface area contributed by atoms with Gasteiger partial charge in [0.15, 0.2) is 0 Å². The van der Waals surface area contributed by atoms with Gasteiger partial charge in [0.05, 0.1) is 24.1 Å². The number of nitrogens with zero attached hydrogens (tertiary/aromatic N) is 3. The first-order chi connectivity index (χ1) is 9.60. The summed E-state index contributed by atoms with van der Waals surface area (Å²) in [7, 11) is 1.89. The second-order valence-electron chi connectivity index (χ2n) is 4.21. The number of anilines is 1. The summed E-state index contributed by atoms with van der Waals surface area (Å²) >= 11 is 0. The first-order valence-corrected chi connectivity index (χ1v) is 6.22. The smallest absolute Gasteiger partial charge is 0.275 e. The van der Waals surface area contributed by atoms with E-state index in [4.69, 9.17) is 4.74 Å². The zero-order chi connectivity index (χ0) is 14.5. The first kappa shape index (κ1) is 13.9. The van der Waals surface area contributed by atoms with E-state index in [2.05, 4.69) is 10.3 Å². The van der Waals surface area contributed by atoms with E-state index in [-0.39, 0.29) is 5.69 Å². The summed E-state index contributed by atoms with van der Waals surface area (Å²) < 4.78 is 7.22. The molecule has 0 aliphatic heterocycles. The second-order valence-corrected chi connectivity index (χ2v) is 4.21. The lowest BCUT2D eigenvalue weighted by atomic mass is 10.2. The van der Waals surface area contributed by atoms with Crippen LogP contribution in [-0.4, -0.2) is 21.1 Å². The van der Waals surface area contributed by atoms with Crippen LogP contribution in [-0.2, 0) is 13.6 Å². The topological polar surface area (TPSA) is 82.2 Å². The average molecular weight is 276 g/mol. The molecule has 0 bridgehead atoms. The number of non-ortho nitro benzene ring substituents is 1. The molecule has 0 aliphatic carbocycles. The van der Waals surface area contributed by atoms with Crippen LogP contribution in [0.5, 0.6) is 5.75 Å². The Hall–Kier alpha value is -2.57. The molecule has 0 spiro atoms. The van der Waals surface area contributed by atoms with E-state index in [1.54, 1.807) is 12.3 Å². The Morgan fingerprint density at radius 2 is 2.25 bits per heavy atom. The number of nitrogens with one attached hydrogen (secondary N) is 1. The van der Waals surface area contributed by atoms with Crippen LogP contribution in [0.15, 0.2) is 30.6 Å². The minimum Gasteiger partial charge on any atom is -0.494 e. The minimum absolute atomic E-state index is 0.00158. The Balaban J connectivity index is 2.17. The zero-order valence-electron chi connectivity index (χ0n) is 11.4. The SMILES string of the molecule is CCOc1cc(NCc2nccn2C)cc([N+](=O)[O-])c1. The summed E-state index contributed by atoms with van der Waals surface area (Å²) in [5.74, 6) is 1.32. The molecule has 0 atom stereocenters. The fraction of sp³-hybridized carbons (Fsp3) is 0.308. The molecule has 0 aliphatic rings. The number of hydrogen-bond donors (Lipinski definition) is 1. The van der Waals surface area contributed by atoms with Crippen molar-refractivity contribution in [3.05, 3.63) is 46.5 Å². The number of nitro benzene ring substituents is 1. The number of imidazole rings is 1. The summed E-state index contributed by atoms with van der Waals surface area (Å²) in [6.07, 6.45) is 3.55. The van der Waals surface area contributed by atoms with E-state index < -0.39 is 4.92 Å². The molecule has 2 rings (SSSR count). The summed E-state index contributed by atoms with van der Waals surface area (Å²) in [5, 5.41) is 14.0. The molecule has 20 heavy (non-hydrogen) atoms. The van der Waals surface area contributed by atoms with Crippen LogP contribution < -0.4 is 10.1 Å². The predicted octanol–water partition coefficient (Wildman–Crippen LogP) is 2.34. The third-order valence-electron chi connectivity index (χ3n) is 2.78. The fourth-order valence-electron chi connectivity index (χ4n) is 1.79. The summed E-state index contributed by atoms with van der Waals surface area (Å²) in [6, 6.07) is 4.63. The van der Waals surface area contributed by atoms with Gasteiger partial charge in [0.1, 0.15) is 11.6 Å². The summed E-state index contributed by atoms with van der Waals surface area (Å²) in [4.78, 5) is 14.6. The van der Waals surface area contributed by atoms with E-state index >= 15 is 0 Å². The lowest BCUT2D eigenvalue weighted by Crippen LogP contribution is -2.06. The highest BCUT2D eigenvalue weighted by molar-refractivity contribution is 5.56. The molecule has 1 aromatic heterocycles. The molecule has 0 saturated carbocycles. The third kappa shape index (κ3) is 3.25. The molecule has 1 N–H and O–H groups in total. The van der Waals surface area contributed by atoms with Gasteiger partial charge >= 0.3 is 0 Å². The van der Waals surface area contributed by atoms with Gasteiger partial charge in [-0.1, -0.05) is 0 Å². The monoisotopic (exact) mass is 276 g/mol. The Morgan fingerprint density at radius 1 is 1.45 bits per heavy atom. The number of aromatic nitrogens is 2. The second kappa shape index (κ2) is 6.05. The van der Waals surface area contributed by atoms with Crippen molar-refractivity contribution in [1.82, 2.24) is 9.55 Å². The predicted molar refractivity (Wildman–Crippen MR) is 74.8 cm³/mol. The van der Waals surface area contributed by atoms with Gasteiger partial charge in [-0.25, -0.2) is 4.98 Å². The van der Waals surface area contributed by atoms with Crippen molar-refractivity contribution in [2.24, 2.45) is 7.05 Å². The molecular formula is C13H16N4O3. The molecule has 0 amide bonds. The molecule has 1 heterocycles. The third-order valence-corrected chi connectivity index (χ3v) is 2.78. The van der Waals surface area contributed by atoms with Crippen LogP contribution in [0.1, 0.15) is 12.7 Å². The Kier molecular flexibility index (Phi) is 4.19. The highest BCUT2D eigenvalue weighted by Gasteiger charge is 2.11. The first-order valence-electron chi connectivity index (χ1n) is 6.22. The van der Waals surface area contributed by atoms with Crippen molar-refractivity contribution >= 4 is 11.4 Å². The normalized spacial score (nSPS) is 10.3. The lowest BCUT2D eigenvalue weighted by molar-refractivity contribution is -0.384. The maximum absolute atomic E-state index is 10.9. The minimum atomic E-state index is -0.436. The van der Waals surface area contributed by atoms with Gasteiger partial charge in [-0.15, -0.1) is 0 Å². The van der Waals surface area contributed by atoms with Crippen molar-refractivity contribution in [2.45, 2.75) is 13.5 Å². The number of ether oxygens (including phenoxy) is 1. The van der Waals surface area contributed by atoms with Crippen molar-refractivity contribution in [3.63, 3.8) is 0 Å². The molecular weight excluding hydrogens is 260 g/mol. The Labute approximate surface area is 116 Å². The van der Waals surface area contributed by atoms with Crippen molar-refractivity contribution in [2.75, 3.05) is 11.9 Å². The van der Waals surface area contributed by atoms with Crippen LogP contribution in [0.3, 0.4) is 0 Å². The van der Waals surface area contributed by atoms with Crippen LogP contribution in [0, 0.1) is 10.1 Å². The zero-order valence-corrected chi connectivity index (χ0v) is 11.4. The lowest BCUT2D eigenvalue weighted by Gasteiger charge is -2.09. The highest BCUT2D eigenvalue weighted by Crippen LogP contribution is 2.26. The standard InChI is InChI=1S/C13H16N4O3/c1-3-20-12-7-10(6-11(8-12)17(18)19)15-9-13-14-4-5-16(13)2/h4-8,15H,3,9H2,1-2H3. The molecule has 0 radical (unpaired) electrons. The van der Waals surface area contributed by atoms with Crippen LogP contribution in [0.4, 0.5) is 11.4 Å². The molecule has 2 aromatic rings. The van der Waals surface area contributed by atoms with Gasteiger partial charge < -0.3 is 14.6 Å². The van der Waals surface area contributed by atoms with Crippen LogP contribution in [0.2, 0.25) is 0 Å². The molecule has 7 nitrogen and oxygen atoms in total. The van der Waals surface area contributed by atoms with Crippen molar-refractivity contribution in [1.29, 1.82) is 0 Å². The van der Waals surface area contributed by atoms with Gasteiger partial charge in [0.2, 0.25) is 0 Å². The Morgan fingerprint density at radius 3 is 2.85 bits per heavy atom. The molecule has 0 saturated heterocycles. The molecule has 106 valence electrons. The number of hydrogen-bond acceptors (Lipinski definition) is 5. The van der Waals surface area contributed by atoms with Gasteiger partial charge in [0.25, 0.3) is 5.69 Å². The highest BCUT2D eigenvalue weighted by atomic mass is 16.6. The van der Waals surface area contributed by atoms with Gasteiger partial charge in [-0.3, -0.25) is 10.1 Å². The van der Waals surface area contributed by atoms with E-state index in [0.29, 0.717) is 24.6 Å². The van der Waals surface area contributed by atoms with Crippen LogP contribution >= 0.6 is 0 Å². The maximum atomic E-state index is 10.9. The van der Waals surface area contributed by atoms with Crippen molar-refractivity contribution < 1.29 is 9.66 Å². The van der Waals surface area contributed by atoms with Gasteiger partial charge in [0, 0.05) is 37.3 Å². The number of rotatable bonds is 6. The fourth-order valence-corrected chi connectivity index (χ4v) is 1.79. The molecule has 1 aromatic carbocycles. The molecule has 0 unspecified atom stereocenters. The quantitative estimate of drug-likeness (QED) is 0.646. The van der Waals surface area contributed by atoms with E-state index in [1.807, 2.05) is 24.7 Å². The van der Waals surface area contributed by atoms with Gasteiger partial charge in [-0.05, 0) is 6.92 Å². The van der Waals surface area contributed by atoms with Crippen LogP contribution in [0.25, 0.3) is 0 Å². The molecule has 0 fully saturated rings. The average Bonchev–Trinajstić information content (AvgIpc) is 2.82. The largest absolute Gasteiger partial charge is 0.494 e. The summed E-state index contributed by atoms with van der Waals surface area (Å²) in [6.45, 7) is 2.77. The van der Waals surface area contributed by atoms with E-state index in [1.165, 1.54) is 12.1 Å². The number of benzene rings is 1. The Bertz CT molecular complexity index is 609. The van der Waals surface area contributed by atoms with E-state index in [0.717, 1.165) is 5.82 Å². The molecule has 7 heteroatoms. The number of nitro groups is 1. The maximum Gasteiger partial charge on any atom is 0.275 e. The number of aryl methyl sites for hydroxylation is 1. The van der Waals surface area contributed by atoms with Crippen molar-refractivity contribution in [3.8, 4) is 5.75 Å². The van der Waals surface area contributed by atoms with E-state index in [9.17, 15) is 10.1 Å².